The number of thiol groups is 1. The molecule has 0 aromatic heterocycles. The van der Waals surface area contributed by atoms with Crippen LogP contribution in [0.4, 0.5) is 0 Å². The van der Waals surface area contributed by atoms with E-state index in [4.69, 9.17) is 0 Å². The van der Waals surface area contributed by atoms with Crippen LogP contribution in [0.5, 0.6) is 0 Å². The Labute approximate surface area is 160 Å². The van der Waals surface area contributed by atoms with Gasteiger partial charge in [-0.1, -0.05) is 61.9 Å². The van der Waals surface area contributed by atoms with Crippen molar-refractivity contribution in [1.82, 2.24) is 0 Å². The minimum absolute atomic E-state index is 0.242. The van der Waals surface area contributed by atoms with E-state index in [1.165, 1.54) is 5.56 Å². The normalized spacial score (nSPS) is 12.2. The molecule has 0 saturated carbocycles. The molecular weight excluding hydrogens is 340 g/mol. The standard InChI is InChI=1S/C23H24O2S/c1-2-5-17(11-8-16-9-13-19(26)14-10-16)21-15-12-18-6-3-4-7-20(18)22(21)23(24)25/h3-4,6-7,9-10,12-15,17,26H,2,5,8,11H2,1H3,(H,24,25). The molecular formula is C23H24O2S. The highest BCUT2D eigenvalue weighted by molar-refractivity contribution is 7.80. The van der Waals surface area contributed by atoms with Crippen LogP contribution in [-0.2, 0) is 6.42 Å². The Morgan fingerprint density at radius 2 is 1.73 bits per heavy atom. The lowest BCUT2D eigenvalue weighted by atomic mass is 9.84. The predicted octanol–water partition coefficient (Wildman–Crippen LogP) is 6.34. The fourth-order valence-electron chi connectivity index (χ4n) is 3.67. The molecule has 0 amide bonds. The molecule has 0 bridgehead atoms. The maximum atomic E-state index is 12.0. The molecule has 0 fully saturated rings. The molecule has 3 aromatic rings. The van der Waals surface area contributed by atoms with Gasteiger partial charge in [0.1, 0.15) is 0 Å². The third-order valence-electron chi connectivity index (χ3n) is 4.97. The van der Waals surface area contributed by atoms with Gasteiger partial charge in [-0.05, 0) is 59.2 Å². The van der Waals surface area contributed by atoms with E-state index < -0.39 is 5.97 Å². The number of carboxylic acids is 1. The van der Waals surface area contributed by atoms with Gasteiger partial charge in [-0.2, -0.15) is 0 Å². The van der Waals surface area contributed by atoms with Gasteiger partial charge in [0.2, 0.25) is 0 Å². The van der Waals surface area contributed by atoms with Crippen molar-refractivity contribution in [3.8, 4) is 0 Å². The van der Waals surface area contributed by atoms with Crippen molar-refractivity contribution in [3.05, 3.63) is 77.4 Å². The van der Waals surface area contributed by atoms with Gasteiger partial charge in [0.05, 0.1) is 5.56 Å². The van der Waals surface area contributed by atoms with E-state index in [1.54, 1.807) is 0 Å². The third-order valence-corrected chi connectivity index (χ3v) is 5.27. The van der Waals surface area contributed by atoms with Gasteiger partial charge < -0.3 is 5.11 Å². The molecule has 0 saturated heterocycles. The molecule has 134 valence electrons. The average molecular weight is 365 g/mol. The minimum atomic E-state index is -0.836. The van der Waals surface area contributed by atoms with Crippen molar-refractivity contribution in [2.24, 2.45) is 0 Å². The first-order chi connectivity index (χ1) is 12.6. The first-order valence-electron chi connectivity index (χ1n) is 9.13. The number of hydrogen-bond acceptors (Lipinski definition) is 2. The number of rotatable bonds is 7. The van der Waals surface area contributed by atoms with Gasteiger partial charge in [0.25, 0.3) is 0 Å². The van der Waals surface area contributed by atoms with Gasteiger partial charge in [-0.3, -0.25) is 0 Å². The van der Waals surface area contributed by atoms with Gasteiger partial charge in [0, 0.05) is 4.90 Å². The van der Waals surface area contributed by atoms with E-state index in [9.17, 15) is 9.90 Å². The van der Waals surface area contributed by atoms with Gasteiger partial charge in [-0.25, -0.2) is 4.79 Å². The largest absolute Gasteiger partial charge is 0.478 e. The topological polar surface area (TPSA) is 37.3 Å². The molecule has 0 radical (unpaired) electrons. The van der Waals surface area contributed by atoms with Gasteiger partial charge in [0.15, 0.2) is 0 Å². The van der Waals surface area contributed by atoms with Crippen LogP contribution in [0.2, 0.25) is 0 Å². The fourth-order valence-corrected chi connectivity index (χ4v) is 3.82. The van der Waals surface area contributed by atoms with Crippen molar-refractivity contribution < 1.29 is 9.90 Å². The summed E-state index contributed by atoms with van der Waals surface area (Å²) in [6, 6.07) is 20.0. The van der Waals surface area contributed by atoms with Gasteiger partial charge >= 0.3 is 5.97 Å². The summed E-state index contributed by atoms with van der Waals surface area (Å²) in [5.74, 6) is -0.594. The Morgan fingerprint density at radius 3 is 2.42 bits per heavy atom. The van der Waals surface area contributed by atoms with Crippen molar-refractivity contribution in [2.45, 2.75) is 43.4 Å². The number of hydrogen-bond donors (Lipinski definition) is 2. The van der Waals surface area contributed by atoms with Gasteiger partial charge in [-0.15, -0.1) is 12.6 Å². The van der Waals surface area contributed by atoms with Crippen molar-refractivity contribution >= 4 is 29.4 Å². The van der Waals surface area contributed by atoms with Crippen LogP contribution in [-0.4, -0.2) is 11.1 Å². The van der Waals surface area contributed by atoms with Crippen molar-refractivity contribution in [2.75, 3.05) is 0 Å². The summed E-state index contributed by atoms with van der Waals surface area (Å²) in [6.45, 7) is 2.16. The van der Waals surface area contributed by atoms with E-state index in [0.29, 0.717) is 5.56 Å². The molecule has 0 aliphatic heterocycles. The number of fused-ring (bicyclic) bond motifs is 1. The second-order valence-electron chi connectivity index (χ2n) is 6.75. The lowest BCUT2D eigenvalue weighted by Crippen LogP contribution is -2.09. The van der Waals surface area contributed by atoms with Crippen molar-refractivity contribution in [1.29, 1.82) is 0 Å². The second-order valence-corrected chi connectivity index (χ2v) is 7.26. The molecule has 2 nitrogen and oxygen atoms in total. The number of aromatic carboxylic acids is 1. The van der Waals surface area contributed by atoms with Crippen LogP contribution in [0.3, 0.4) is 0 Å². The highest BCUT2D eigenvalue weighted by Crippen LogP contribution is 2.33. The summed E-state index contributed by atoms with van der Waals surface area (Å²) in [6.07, 6.45) is 3.90. The quantitative estimate of drug-likeness (QED) is 0.480. The zero-order chi connectivity index (χ0) is 18.5. The lowest BCUT2D eigenvalue weighted by molar-refractivity contribution is 0.0697. The van der Waals surface area contributed by atoms with E-state index in [1.807, 2.05) is 42.5 Å². The maximum Gasteiger partial charge on any atom is 0.336 e. The smallest absolute Gasteiger partial charge is 0.336 e. The van der Waals surface area contributed by atoms with E-state index in [2.05, 4.69) is 37.8 Å². The number of aryl methyl sites for hydroxylation is 1. The molecule has 3 aromatic carbocycles. The molecule has 0 aliphatic carbocycles. The van der Waals surface area contributed by atoms with Crippen LogP contribution >= 0.6 is 12.6 Å². The Bertz CT molecular complexity index is 900. The lowest BCUT2D eigenvalue weighted by Gasteiger charge is -2.20. The number of benzene rings is 3. The first kappa shape index (κ1) is 18.5. The van der Waals surface area contributed by atoms with Crippen LogP contribution in [0, 0.1) is 0 Å². The monoisotopic (exact) mass is 364 g/mol. The molecule has 1 atom stereocenters. The molecule has 0 spiro atoms. The predicted molar refractivity (Wildman–Crippen MR) is 111 cm³/mol. The second kappa shape index (κ2) is 8.41. The molecule has 26 heavy (non-hydrogen) atoms. The molecule has 3 heteroatoms. The zero-order valence-corrected chi connectivity index (χ0v) is 15.9. The molecule has 0 heterocycles. The summed E-state index contributed by atoms with van der Waals surface area (Å²) >= 11 is 4.34. The molecule has 1 unspecified atom stereocenters. The molecule has 0 aliphatic rings. The first-order valence-corrected chi connectivity index (χ1v) is 9.57. The van der Waals surface area contributed by atoms with E-state index in [0.717, 1.165) is 46.9 Å². The summed E-state index contributed by atoms with van der Waals surface area (Å²) in [5.41, 5.74) is 2.69. The van der Waals surface area contributed by atoms with Crippen LogP contribution in [0.1, 0.15) is 53.6 Å². The Morgan fingerprint density at radius 1 is 1.00 bits per heavy atom. The Kier molecular flexibility index (Phi) is 6.00. The molecule has 1 N–H and O–H groups in total. The molecule has 3 rings (SSSR count). The Hall–Kier alpha value is -2.26. The minimum Gasteiger partial charge on any atom is -0.478 e. The third kappa shape index (κ3) is 4.10. The van der Waals surface area contributed by atoms with E-state index in [-0.39, 0.29) is 5.92 Å². The summed E-state index contributed by atoms with van der Waals surface area (Å²) in [7, 11) is 0. The highest BCUT2D eigenvalue weighted by atomic mass is 32.1. The summed E-state index contributed by atoms with van der Waals surface area (Å²) in [5, 5.41) is 11.7. The van der Waals surface area contributed by atoms with Crippen LogP contribution in [0.15, 0.2) is 65.6 Å². The van der Waals surface area contributed by atoms with Crippen LogP contribution in [0.25, 0.3) is 10.8 Å². The fraction of sp³-hybridized carbons (Fsp3) is 0.261. The maximum absolute atomic E-state index is 12.0. The summed E-state index contributed by atoms with van der Waals surface area (Å²) in [4.78, 5) is 13.0. The average Bonchev–Trinajstić information content (AvgIpc) is 2.65. The van der Waals surface area contributed by atoms with Crippen LogP contribution < -0.4 is 0 Å². The SMILES string of the molecule is CCCC(CCc1ccc(S)cc1)c1ccc2ccccc2c1C(=O)O. The number of carbonyl (C=O) groups is 1. The zero-order valence-electron chi connectivity index (χ0n) is 15.0. The van der Waals surface area contributed by atoms with Crippen molar-refractivity contribution in [3.63, 3.8) is 0 Å². The van der Waals surface area contributed by atoms with E-state index >= 15 is 0 Å². The highest BCUT2D eigenvalue weighted by Gasteiger charge is 2.21. The summed E-state index contributed by atoms with van der Waals surface area (Å²) < 4.78 is 0. The Balaban J connectivity index is 1.95. The number of carboxylic acid groups (broad SMARTS) is 1.